The Hall–Kier alpha value is -1.07. The van der Waals surface area contributed by atoms with E-state index in [4.69, 9.17) is 22.2 Å². The van der Waals surface area contributed by atoms with Gasteiger partial charge in [-0.1, -0.05) is 23.7 Å². The number of rotatable bonds is 7. The highest BCUT2D eigenvalue weighted by Gasteiger charge is 2.10. The van der Waals surface area contributed by atoms with Gasteiger partial charge >= 0.3 is 0 Å². The molecule has 1 heterocycles. The predicted molar refractivity (Wildman–Crippen MR) is 85.5 cm³/mol. The van der Waals surface area contributed by atoms with E-state index in [9.17, 15) is 0 Å². The summed E-state index contributed by atoms with van der Waals surface area (Å²) in [7, 11) is 1.68. The number of aryl methyl sites for hydroxylation is 1. The minimum Gasteiger partial charge on any atom is -0.497 e. The van der Waals surface area contributed by atoms with Crippen LogP contribution in [0.4, 0.5) is 0 Å². The maximum Gasteiger partial charge on any atom is 0.118 e. The smallest absolute Gasteiger partial charge is 0.118 e. The molecule has 20 heavy (non-hydrogen) atoms. The molecule has 3 N–H and O–H groups in total. The van der Waals surface area contributed by atoms with E-state index in [0.717, 1.165) is 29.3 Å². The second kappa shape index (κ2) is 7.64. The van der Waals surface area contributed by atoms with E-state index in [-0.39, 0.29) is 6.04 Å². The summed E-state index contributed by atoms with van der Waals surface area (Å²) in [6, 6.07) is 12.4. The fourth-order valence-corrected chi connectivity index (χ4v) is 3.25. The van der Waals surface area contributed by atoms with E-state index in [1.54, 1.807) is 18.4 Å². The van der Waals surface area contributed by atoms with Crippen LogP contribution in [0.3, 0.4) is 0 Å². The standard InChI is InChI=1S/C15H19ClN2OS/c1-19-13-6-3-11(4-7-13)2-5-12(18-17)10-14-8-9-15(16)20-14/h3-4,6-9,12,18H,2,5,10,17H2,1H3. The molecule has 1 unspecified atom stereocenters. The molecule has 5 heteroatoms. The summed E-state index contributed by atoms with van der Waals surface area (Å²) in [5, 5.41) is 0. The van der Waals surface area contributed by atoms with Gasteiger partial charge in [0.25, 0.3) is 0 Å². The van der Waals surface area contributed by atoms with Crippen molar-refractivity contribution in [3.8, 4) is 5.75 Å². The highest BCUT2D eigenvalue weighted by atomic mass is 35.5. The van der Waals surface area contributed by atoms with Crippen LogP contribution in [0, 0.1) is 0 Å². The molecule has 1 atom stereocenters. The molecule has 2 rings (SSSR count). The monoisotopic (exact) mass is 310 g/mol. The van der Waals surface area contributed by atoms with Crippen molar-refractivity contribution in [2.45, 2.75) is 25.3 Å². The number of nitrogens with two attached hydrogens (primary N) is 1. The molecule has 0 amide bonds. The van der Waals surface area contributed by atoms with E-state index in [1.165, 1.54) is 10.4 Å². The van der Waals surface area contributed by atoms with Crippen molar-refractivity contribution in [1.82, 2.24) is 5.43 Å². The Balaban J connectivity index is 1.86. The molecule has 0 spiro atoms. The summed E-state index contributed by atoms with van der Waals surface area (Å²) in [5.41, 5.74) is 4.18. The lowest BCUT2D eigenvalue weighted by atomic mass is 10.0. The summed E-state index contributed by atoms with van der Waals surface area (Å²) in [4.78, 5) is 1.26. The Morgan fingerprint density at radius 1 is 1.25 bits per heavy atom. The second-order valence-electron chi connectivity index (χ2n) is 4.66. The largest absolute Gasteiger partial charge is 0.497 e. The van der Waals surface area contributed by atoms with E-state index < -0.39 is 0 Å². The third-order valence-electron chi connectivity index (χ3n) is 3.25. The molecule has 2 aromatic rings. The SMILES string of the molecule is COc1ccc(CCC(Cc2ccc(Cl)s2)NN)cc1. The van der Waals surface area contributed by atoms with Gasteiger partial charge in [0, 0.05) is 10.9 Å². The lowest BCUT2D eigenvalue weighted by Gasteiger charge is -2.15. The van der Waals surface area contributed by atoms with Crippen LogP contribution >= 0.6 is 22.9 Å². The molecule has 0 radical (unpaired) electrons. The second-order valence-corrected chi connectivity index (χ2v) is 6.46. The van der Waals surface area contributed by atoms with Crippen LogP contribution in [0.5, 0.6) is 5.75 Å². The molecule has 0 fully saturated rings. The first kappa shape index (κ1) is 15.3. The molecule has 0 bridgehead atoms. The van der Waals surface area contributed by atoms with Crippen molar-refractivity contribution in [3.05, 3.63) is 51.2 Å². The van der Waals surface area contributed by atoms with Crippen molar-refractivity contribution < 1.29 is 4.74 Å². The summed E-state index contributed by atoms with van der Waals surface area (Å²) in [6.07, 6.45) is 2.88. The van der Waals surface area contributed by atoms with Gasteiger partial charge in [0.15, 0.2) is 0 Å². The minimum absolute atomic E-state index is 0.256. The van der Waals surface area contributed by atoms with Gasteiger partial charge in [-0.2, -0.15) is 0 Å². The van der Waals surface area contributed by atoms with Crippen LogP contribution in [0.25, 0.3) is 0 Å². The van der Waals surface area contributed by atoms with Crippen LogP contribution in [0.1, 0.15) is 16.9 Å². The Bertz CT molecular complexity index is 527. The maximum atomic E-state index is 5.94. The summed E-state index contributed by atoms with van der Waals surface area (Å²) < 4.78 is 5.98. The number of ether oxygens (including phenoxy) is 1. The predicted octanol–water partition coefficient (Wildman–Crippen LogP) is 3.42. The fraction of sp³-hybridized carbons (Fsp3) is 0.333. The zero-order chi connectivity index (χ0) is 14.4. The van der Waals surface area contributed by atoms with E-state index in [0.29, 0.717) is 0 Å². The number of methoxy groups -OCH3 is 1. The van der Waals surface area contributed by atoms with Crippen LogP contribution < -0.4 is 16.0 Å². The highest BCUT2D eigenvalue weighted by molar-refractivity contribution is 7.16. The number of hydrazine groups is 1. The number of hydrogen-bond acceptors (Lipinski definition) is 4. The van der Waals surface area contributed by atoms with E-state index >= 15 is 0 Å². The van der Waals surface area contributed by atoms with E-state index in [1.807, 2.05) is 18.2 Å². The third-order valence-corrected chi connectivity index (χ3v) is 4.51. The van der Waals surface area contributed by atoms with Crippen molar-refractivity contribution in [2.24, 2.45) is 5.84 Å². The molecule has 1 aromatic heterocycles. The molecular formula is C15H19ClN2OS. The Morgan fingerprint density at radius 2 is 2.00 bits per heavy atom. The zero-order valence-corrected chi connectivity index (χ0v) is 13.0. The van der Waals surface area contributed by atoms with Crippen LogP contribution in [-0.4, -0.2) is 13.2 Å². The molecule has 0 aliphatic heterocycles. The lowest BCUT2D eigenvalue weighted by molar-refractivity contribution is 0.414. The van der Waals surface area contributed by atoms with Gasteiger partial charge in [0.1, 0.15) is 5.75 Å². The van der Waals surface area contributed by atoms with Gasteiger partial charge in [0.2, 0.25) is 0 Å². The summed E-state index contributed by atoms with van der Waals surface area (Å²) in [5.74, 6) is 6.52. The zero-order valence-electron chi connectivity index (χ0n) is 11.4. The topological polar surface area (TPSA) is 47.3 Å². The third kappa shape index (κ3) is 4.49. The Kier molecular flexibility index (Phi) is 5.86. The molecule has 1 aromatic carbocycles. The van der Waals surface area contributed by atoms with Gasteiger partial charge in [-0.3, -0.25) is 11.3 Å². The molecular weight excluding hydrogens is 292 g/mol. The van der Waals surface area contributed by atoms with Gasteiger partial charge in [-0.25, -0.2) is 0 Å². The molecule has 0 aliphatic carbocycles. The molecule has 0 saturated heterocycles. The first-order chi connectivity index (χ1) is 9.71. The summed E-state index contributed by atoms with van der Waals surface area (Å²) in [6.45, 7) is 0. The van der Waals surface area contributed by atoms with Gasteiger partial charge < -0.3 is 4.74 Å². The summed E-state index contributed by atoms with van der Waals surface area (Å²) >= 11 is 7.55. The van der Waals surface area contributed by atoms with Gasteiger partial charge in [0.05, 0.1) is 11.4 Å². The van der Waals surface area contributed by atoms with Crippen molar-refractivity contribution in [3.63, 3.8) is 0 Å². The van der Waals surface area contributed by atoms with Gasteiger partial charge in [-0.05, 0) is 49.1 Å². The quantitative estimate of drug-likeness (QED) is 0.608. The van der Waals surface area contributed by atoms with Crippen molar-refractivity contribution in [1.29, 1.82) is 0 Å². The first-order valence-electron chi connectivity index (χ1n) is 6.54. The Labute approximate surface area is 128 Å². The first-order valence-corrected chi connectivity index (χ1v) is 7.74. The lowest BCUT2D eigenvalue weighted by Crippen LogP contribution is -2.36. The molecule has 3 nitrogen and oxygen atoms in total. The number of thiophene rings is 1. The van der Waals surface area contributed by atoms with Crippen LogP contribution in [-0.2, 0) is 12.8 Å². The molecule has 108 valence electrons. The molecule has 0 aliphatic rings. The van der Waals surface area contributed by atoms with Crippen molar-refractivity contribution in [2.75, 3.05) is 7.11 Å². The van der Waals surface area contributed by atoms with E-state index in [2.05, 4.69) is 23.6 Å². The van der Waals surface area contributed by atoms with Gasteiger partial charge in [-0.15, -0.1) is 11.3 Å². The number of halogens is 1. The normalized spacial score (nSPS) is 12.3. The van der Waals surface area contributed by atoms with Crippen LogP contribution in [0.15, 0.2) is 36.4 Å². The number of hydrogen-bond donors (Lipinski definition) is 2. The minimum atomic E-state index is 0.256. The fourth-order valence-electron chi connectivity index (χ4n) is 2.08. The number of benzene rings is 1. The average molecular weight is 311 g/mol. The average Bonchev–Trinajstić information content (AvgIpc) is 2.89. The molecule has 0 saturated carbocycles. The maximum absolute atomic E-state index is 5.94. The number of nitrogens with one attached hydrogen (secondary N) is 1. The van der Waals surface area contributed by atoms with Crippen LogP contribution in [0.2, 0.25) is 4.34 Å². The highest BCUT2D eigenvalue weighted by Crippen LogP contribution is 2.23. The van der Waals surface area contributed by atoms with Crippen molar-refractivity contribution >= 4 is 22.9 Å². The Morgan fingerprint density at radius 3 is 2.55 bits per heavy atom.